The van der Waals surface area contributed by atoms with E-state index in [1.165, 1.54) is 7.11 Å². The largest absolute Gasteiger partial charge is 0.464 e. The van der Waals surface area contributed by atoms with E-state index in [2.05, 4.69) is 14.8 Å². The molecule has 5 heteroatoms. The summed E-state index contributed by atoms with van der Waals surface area (Å²) < 4.78 is 6.29. The molecular formula is C11H11N3O2. The number of carbonyl (C=O) groups is 1. The Morgan fingerprint density at radius 3 is 2.88 bits per heavy atom. The molecular weight excluding hydrogens is 206 g/mol. The van der Waals surface area contributed by atoms with Gasteiger partial charge in [0, 0.05) is 18.8 Å². The molecule has 0 aliphatic heterocycles. The van der Waals surface area contributed by atoms with E-state index in [1.54, 1.807) is 23.0 Å². The number of ether oxygens (including phenoxy) is 1. The van der Waals surface area contributed by atoms with Crippen molar-refractivity contribution in [3.05, 3.63) is 36.3 Å². The van der Waals surface area contributed by atoms with Gasteiger partial charge in [0.25, 0.3) is 0 Å². The highest BCUT2D eigenvalue weighted by Crippen LogP contribution is 2.15. The molecule has 0 spiro atoms. The van der Waals surface area contributed by atoms with Gasteiger partial charge in [-0.15, -0.1) is 0 Å². The number of nitrogens with zero attached hydrogens (tertiary/aromatic N) is 3. The minimum Gasteiger partial charge on any atom is -0.464 e. The lowest BCUT2D eigenvalue weighted by Crippen LogP contribution is -2.04. The Labute approximate surface area is 92.7 Å². The molecule has 5 nitrogen and oxygen atoms in total. The number of aromatic nitrogens is 3. The van der Waals surface area contributed by atoms with Gasteiger partial charge in [0.15, 0.2) is 0 Å². The van der Waals surface area contributed by atoms with E-state index >= 15 is 0 Å². The molecule has 0 unspecified atom stereocenters. The minimum atomic E-state index is -0.439. The summed E-state index contributed by atoms with van der Waals surface area (Å²) in [6, 6.07) is 5.21. The van der Waals surface area contributed by atoms with Gasteiger partial charge in [-0.05, 0) is 12.1 Å². The molecule has 0 fully saturated rings. The molecule has 0 saturated carbocycles. The predicted octanol–water partition coefficient (Wildman–Crippen LogP) is 1.27. The molecule has 0 aromatic carbocycles. The average molecular weight is 217 g/mol. The molecule has 0 bridgehead atoms. The highest BCUT2D eigenvalue weighted by atomic mass is 16.5. The fourth-order valence-electron chi connectivity index (χ4n) is 1.37. The molecule has 16 heavy (non-hydrogen) atoms. The Morgan fingerprint density at radius 2 is 2.25 bits per heavy atom. The van der Waals surface area contributed by atoms with Crippen molar-refractivity contribution in [1.82, 2.24) is 14.8 Å². The summed E-state index contributed by atoms with van der Waals surface area (Å²) in [5.74, 6) is -0.439. The zero-order valence-corrected chi connectivity index (χ0v) is 9.04. The molecule has 0 aliphatic rings. The fourth-order valence-corrected chi connectivity index (χ4v) is 1.37. The summed E-state index contributed by atoms with van der Waals surface area (Å²) >= 11 is 0. The molecule has 0 amide bonds. The van der Waals surface area contributed by atoms with Crippen molar-refractivity contribution in [1.29, 1.82) is 0 Å². The standard InChI is InChI=1S/C11H11N3O2/c1-14-7-8(6-12-14)9-4-3-5-10(13-9)11(15)16-2/h3-7H,1-2H3. The van der Waals surface area contributed by atoms with Crippen LogP contribution in [0.15, 0.2) is 30.6 Å². The number of methoxy groups -OCH3 is 1. The monoisotopic (exact) mass is 217 g/mol. The second-order valence-electron chi connectivity index (χ2n) is 3.30. The molecule has 82 valence electrons. The zero-order valence-electron chi connectivity index (χ0n) is 9.04. The number of pyridine rings is 1. The lowest BCUT2D eigenvalue weighted by Gasteiger charge is -2.00. The van der Waals surface area contributed by atoms with Crippen LogP contribution in [0, 0.1) is 0 Å². The van der Waals surface area contributed by atoms with Crippen molar-refractivity contribution in [3.63, 3.8) is 0 Å². The van der Waals surface area contributed by atoms with Gasteiger partial charge in [0.1, 0.15) is 5.69 Å². The highest BCUT2D eigenvalue weighted by molar-refractivity contribution is 5.87. The molecule has 2 rings (SSSR count). The maximum Gasteiger partial charge on any atom is 0.356 e. The maximum absolute atomic E-state index is 11.3. The number of rotatable bonds is 2. The summed E-state index contributed by atoms with van der Waals surface area (Å²) in [4.78, 5) is 15.5. The third-order valence-corrected chi connectivity index (χ3v) is 2.14. The van der Waals surface area contributed by atoms with Crippen molar-refractivity contribution in [2.24, 2.45) is 7.05 Å². The van der Waals surface area contributed by atoms with E-state index in [9.17, 15) is 4.79 Å². The normalized spacial score (nSPS) is 10.1. The molecule has 2 aromatic rings. The first-order valence-electron chi connectivity index (χ1n) is 4.75. The van der Waals surface area contributed by atoms with Crippen LogP contribution in [0.1, 0.15) is 10.5 Å². The lowest BCUT2D eigenvalue weighted by molar-refractivity contribution is 0.0594. The van der Waals surface area contributed by atoms with E-state index < -0.39 is 5.97 Å². The molecule has 0 aliphatic carbocycles. The van der Waals surface area contributed by atoms with Crippen LogP contribution in [0.3, 0.4) is 0 Å². The Bertz CT molecular complexity index is 519. The third-order valence-electron chi connectivity index (χ3n) is 2.14. The van der Waals surface area contributed by atoms with Crippen LogP contribution < -0.4 is 0 Å². The summed E-state index contributed by atoms with van der Waals surface area (Å²) in [7, 11) is 3.16. The van der Waals surface area contributed by atoms with Crippen molar-refractivity contribution >= 4 is 5.97 Å². The first kappa shape index (κ1) is 10.4. The number of esters is 1. The average Bonchev–Trinajstić information content (AvgIpc) is 2.75. The van der Waals surface area contributed by atoms with Crippen LogP contribution in [0.25, 0.3) is 11.3 Å². The fraction of sp³-hybridized carbons (Fsp3) is 0.182. The SMILES string of the molecule is COC(=O)c1cccc(-c2cnn(C)c2)n1. The predicted molar refractivity (Wildman–Crippen MR) is 57.8 cm³/mol. The summed E-state index contributed by atoms with van der Waals surface area (Å²) in [5.41, 5.74) is 1.87. The molecule has 2 aromatic heterocycles. The summed E-state index contributed by atoms with van der Waals surface area (Å²) in [6.07, 6.45) is 3.53. The van der Waals surface area contributed by atoms with Crippen molar-refractivity contribution in [3.8, 4) is 11.3 Å². The van der Waals surface area contributed by atoms with Crippen LogP contribution in [-0.4, -0.2) is 27.8 Å². The Hall–Kier alpha value is -2.17. The van der Waals surface area contributed by atoms with Gasteiger partial charge in [0.2, 0.25) is 0 Å². The van der Waals surface area contributed by atoms with Crippen LogP contribution in [0.2, 0.25) is 0 Å². The van der Waals surface area contributed by atoms with Crippen molar-refractivity contribution in [2.75, 3.05) is 7.11 Å². The second kappa shape index (κ2) is 4.14. The smallest absolute Gasteiger partial charge is 0.356 e. The zero-order chi connectivity index (χ0) is 11.5. The third kappa shape index (κ3) is 1.93. The molecule has 0 saturated heterocycles. The van der Waals surface area contributed by atoms with E-state index in [-0.39, 0.29) is 0 Å². The Balaban J connectivity index is 2.39. The van der Waals surface area contributed by atoms with E-state index in [4.69, 9.17) is 0 Å². The lowest BCUT2D eigenvalue weighted by atomic mass is 10.2. The van der Waals surface area contributed by atoms with Crippen LogP contribution in [-0.2, 0) is 11.8 Å². The second-order valence-corrected chi connectivity index (χ2v) is 3.30. The van der Waals surface area contributed by atoms with Crippen LogP contribution in [0.4, 0.5) is 0 Å². The highest BCUT2D eigenvalue weighted by Gasteiger charge is 2.09. The van der Waals surface area contributed by atoms with E-state index in [0.717, 1.165) is 5.56 Å². The maximum atomic E-state index is 11.3. The number of carbonyl (C=O) groups excluding carboxylic acids is 1. The number of hydrogen-bond donors (Lipinski definition) is 0. The molecule has 0 radical (unpaired) electrons. The number of hydrogen-bond acceptors (Lipinski definition) is 4. The molecule has 0 N–H and O–H groups in total. The molecule has 2 heterocycles. The topological polar surface area (TPSA) is 57.0 Å². The Kier molecular flexibility index (Phi) is 2.68. The van der Waals surface area contributed by atoms with Gasteiger partial charge in [-0.2, -0.15) is 5.10 Å². The van der Waals surface area contributed by atoms with Crippen LogP contribution in [0.5, 0.6) is 0 Å². The van der Waals surface area contributed by atoms with Crippen molar-refractivity contribution in [2.45, 2.75) is 0 Å². The van der Waals surface area contributed by atoms with Crippen LogP contribution >= 0.6 is 0 Å². The van der Waals surface area contributed by atoms with E-state index in [0.29, 0.717) is 11.4 Å². The van der Waals surface area contributed by atoms with Gasteiger partial charge in [-0.3, -0.25) is 4.68 Å². The summed E-state index contributed by atoms with van der Waals surface area (Å²) in [5, 5.41) is 4.05. The van der Waals surface area contributed by atoms with Crippen molar-refractivity contribution < 1.29 is 9.53 Å². The van der Waals surface area contributed by atoms with Gasteiger partial charge >= 0.3 is 5.97 Å². The first-order chi connectivity index (χ1) is 7.70. The first-order valence-corrected chi connectivity index (χ1v) is 4.75. The van der Waals surface area contributed by atoms with Gasteiger partial charge in [-0.1, -0.05) is 6.07 Å². The van der Waals surface area contributed by atoms with Gasteiger partial charge in [0.05, 0.1) is 19.0 Å². The van der Waals surface area contributed by atoms with Gasteiger partial charge in [-0.25, -0.2) is 9.78 Å². The van der Waals surface area contributed by atoms with Gasteiger partial charge < -0.3 is 4.74 Å². The minimum absolute atomic E-state index is 0.295. The number of aryl methyl sites for hydroxylation is 1. The quantitative estimate of drug-likeness (QED) is 0.711. The van der Waals surface area contributed by atoms with E-state index in [1.807, 2.05) is 19.3 Å². The Morgan fingerprint density at radius 1 is 1.44 bits per heavy atom. The summed E-state index contributed by atoms with van der Waals surface area (Å²) in [6.45, 7) is 0. The molecule has 0 atom stereocenters.